The molecule has 0 atom stereocenters. The number of hydrogen-bond acceptors (Lipinski definition) is 0. The van der Waals surface area contributed by atoms with Crippen LogP contribution in [0.25, 0.3) is 120 Å². The van der Waals surface area contributed by atoms with Crippen molar-refractivity contribution in [3.8, 4) is 55.6 Å². The summed E-state index contributed by atoms with van der Waals surface area (Å²) in [5, 5.41) is 15.2. The second-order valence-electron chi connectivity index (χ2n) is 16.0. The lowest BCUT2D eigenvalue weighted by Gasteiger charge is -2.19. The van der Waals surface area contributed by atoms with Gasteiger partial charge in [0.2, 0.25) is 0 Å². The van der Waals surface area contributed by atoms with E-state index in [1.807, 2.05) is 0 Å². The average Bonchev–Trinajstić information content (AvgIpc) is 3.32. The van der Waals surface area contributed by atoms with E-state index in [4.69, 9.17) is 0 Å². The van der Waals surface area contributed by atoms with Gasteiger partial charge in [0.25, 0.3) is 0 Å². The summed E-state index contributed by atoms with van der Waals surface area (Å²) in [6.07, 6.45) is 0. The van der Waals surface area contributed by atoms with E-state index < -0.39 is 0 Å². The molecule has 0 aromatic heterocycles. The van der Waals surface area contributed by atoms with Crippen LogP contribution in [0.2, 0.25) is 0 Å². The molecule has 12 aromatic rings. The SMILES string of the molecule is c1cc(-c2cccc(-c3ccc4ccccc4c3)c2)cc(-c2cccc(-c3c4ccccc4c(-c4cccc5c4ccc4cc6ccccc6cc45)c4ccccc34)c2)c1. The fraction of sp³-hybridized carbons (Fsp3) is 0. The van der Waals surface area contributed by atoms with Gasteiger partial charge in [-0.1, -0.05) is 194 Å². The minimum Gasteiger partial charge on any atom is -0.0616 e. The van der Waals surface area contributed by atoms with Crippen molar-refractivity contribution in [1.82, 2.24) is 0 Å². The first kappa shape index (κ1) is 34.3. The van der Waals surface area contributed by atoms with Gasteiger partial charge in [-0.3, -0.25) is 0 Å². The Morgan fingerprint density at radius 1 is 0.167 bits per heavy atom. The third-order valence-electron chi connectivity index (χ3n) is 12.6. The minimum atomic E-state index is 1.20. The number of fused-ring (bicyclic) bond motifs is 7. The van der Waals surface area contributed by atoms with Gasteiger partial charge in [-0.15, -0.1) is 0 Å². The topological polar surface area (TPSA) is 0 Å². The Morgan fingerprint density at radius 3 is 1.18 bits per heavy atom. The van der Waals surface area contributed by atoms with Crippen molar-refractivity contribution in [2.45, 2.75) is 0 Å². The molecule has 0 heterocycles. The summed E-state index contributed by atoms with van der Waals surface area (Å²) >= 11 is 0. The van der Waals surface area contributed by atoms with E-state index in [-0.39, 0.29) is 0 Å². The highest BCUT2D eigenvalue weighted by Crippen LogP contribution is 2.46. The molecule has 0 aliphatic carbocycles. The van der Waals surface area contributed by atoms with E-state index in [2.05, 4.69) is 231 Å². The Hall–Kier alpha value is -7.80. The van der Waals surface area contributed by atoms with E-state index in [1.165, 1.54) is 120 Å². The molecule has 0 nitrogen and oxygen atoms in total. The van der Waals surface area contributed by atoms with E-state index in [0.717, 1.165) is 0 Å². The lowest BCUT2D eigenvalue weighted by Crippen LogP contribution is -1.92. The van der Waals surface area contributed by atoms with Crippen molar-refractivity contribution in [2.75, 3.05) is 0 Å². The molecular weight excluding hydrogens is 721 g/mol. The summed E-state index contributed by atoms with van der Waals surface area (Å²) in [6.45, 7) is 0. The third kappa shape index (κ3) is 5.69. The summed E-state index contributed by atoms with van der Waals surface area (Å²) in [6, 6.07) is 85.2. The Labute approximate surface area is 349 Å². The van der Waals surface area contributed by atoms with Gasteiger partial charge in [-0.25, -0.2) is 0 Å². The van der Waals surface area contributed by atoms with Gasteiger partial charge in [0.1, 0.15) is 0 Å². The van der Waals surface area contributed by atoms with Gasteiger partial charge in [0.05, 0.1) is 0 Å². The first-order valence-electron chi connectivity index (χ1n) is 20.8. The monoisotopic (exact) mass is 758 g/mol. The molecule has 0 saturated carbocycles. The molecule has 0 amide bonds. The molecule has 278 valence electrons. The van der Waals surface area contributed by atoms with Gasteiger partial charge in [0.15, 0.2) is 0 Å². The average molecular weight is 759 g/mol. The van der Waals surface area contributed by atoms with Gasteiger partial charge >= 0.3 is 0 Å². The zero-order chi connectivity index (χ0) is 39.6. The predicted octanol–water partition coefficient (Wildman–Crippen LogP) is 16.9. The fourth-order valence-electron chi connectivity index (χ4n) is 9.71. The normalized spacial score (nSPS) is 11.7. The maximum Gasteiger partial charge on any atom is -0.00201 e. The molecule has 0 unspecified atom stereocenters. The van der Waals surface area contributed by atoms with E-state index in [9.17, 15) is 0 Å². The van der Waals surface area contributed by atoms with Crippen LogP contribution in [-0.4, -0.2) is 0 Å². The zero-order valence-electron chi connectivity index (χ0n) is 32.9. The first-order valence-corrected chi connectivity index (χ1v) is 20.8. The fourth-order valence-corrected chi connectivity index (χ4v) is 9.71. The maximum atomic E-state index is 2.38. The van der Waals surface area contributed by atoms with E-state index >= 15 is 0 Å². The lowest BCUT2D eigenvalue weighted by molar-refractivity contribution is 1.58. The molecule has 0 aliphatic heterocycles. The number of benzene rings is 12. The molecule has 0 bridgehead atoms. The van der Waals surface area contributed by atoms with Crippen LogP contribution in [0.3, 0.4) is 0 Å². The van der Waals surface area contributed by atoms with Crippen LogP contribution in [0.4, 0.5) is 0 Å². The van der Waals surface area contributed by atoms with Crippen LogP contribution >= 0.6 is 0 Å². The van der Waals surface area contributed by atoms with Crippen LogP contribution in [0.15, 0.2) is 231 Å². The second-order valence-corrected chi connectivity index (χ2v) is 16.0. The summed E-state index contributed by atoms with van der Waals surface area (Å²) in [7, 11) is 0. The summed E-state index contributed by atoms with van der Waals surface area (Å²) < 4.78 is 0. The Morgan fingerprint density at radius 2 is 0.583 bits per heavy atom. The Balaban J connectivity index is 0.985. The van der Waals surface area contributed by atoms with Crippen molar-refractivity contribution >= 4 is 64.6 Å². The number of hydrogen-bond donors (Lipinski definition) is 0. The molecule has 0 radical (unpaired) electrons. The molecule has 12 rings (SSSR count). The summed E-state index contributed by atoms with van der Waals surface area (Å²) in [5.74, 6) is 0. The molecule has 0 heteroatoms. The van der Waals surface area contributed by atoms with E-state index in [1.54, 1.807) is 0 Å². The summed E-state index contributed by atoms with van der Waals surface area (Å²) in [4.78, 5) is 0. The molecule has 12 aromatic carbocycles. The molecule has 60 heavy (non-hydrogen) atoms. The van der Waals surface area contributed by atoms with Gasteiger partial charge < -0.3 is 0 Å². The van der Waals surface area contributed by atoms with Crippen LogP contribution in [0, 0.1) is 0 Å². The highest BCUT2D eigenvalue weighted by Gasteiger charge is 2.19. The van der Waals surface area contributed by atoms with Gasteiger partial charge in [-0.05, 0) is 157 Å². The van der Waals surface area contributed by atoms with Crippen molar-refractivity contribution < 1.29 is 0 Å². The van der Waals surface area contributed by atoms with Gasteiger partial charge in [0, 0.05) is 0 Å². The minimum absolute atomic E-state index is 1.20. The predicted molar refractivity (Wildman–Crippen MR) is 259 cm³/mol. The largest absolute Gasteiger partial charge is 0.0616 e. The van der Waals surface area contributed by atoms with Crippen molar-refractivity contribution in [2.24, 2.45) is 0 Å². The van der Waals surface area contributed by atoms with Crippen LogP contribution in [0.5, 0.6) is 0 Å². The molecule has 0 saturated heterocycles. The second kappa shape index (κ2) is 13.9. The van der Waals surface area contributed by atoms with Crippen LogP contribution in [0.1, 0.15) is 0 Å². The van der Waals surface area contributed by atoms with Crippen molar-refractivity contribution in [3.63, 3.8) is 0 Å². The Bertz CT molecular complexity index is 3600. The smallest absolute Gasteiger partial charge is 0.00201 e. The molecule has 0 N–H and O–H groups in total. The highest BCUT2D eigenvalue weighted by atomic mass is 14.2. The van der Waals surface area contributed by atoms with Crippen LogP contribution in [-0.2, 0) is 0 Å². The first-order chi connectivity index (χ1) is 29.7. The number of rotatable bonds is 5. The van der Waals surface area contributed by atoms with Crippen LogP contribution < -0.4 is 0 Å². The summed E-state index contributed by atoms with van der Waals surface area (Å²) in [5.41, 5.74) is 12.3. The van der Waals surface area contributed by atoms with Crippen molar-refractivity contribution in [3.05, 3.63) is 231 Å². The molecule has 0 aliphatic rings. The lowest BCUT2D eigenvalue weighted by atomic mass is 9.84. The van der Waals surface area contributed by atoms with Gasteiger partial charge in [-0.2, -0.15) is 0 Å². The maximum absolute atomic E-state index is 2.38. The standard InChI is InChI=1S/C60H38/c1-2-14-40-33-48(30-29-39(40)13-1)45-20-10-18-43(35-45)42-17-9-19-44(34-42)46-21-11-22-50(37-46)59-54-23-5-7-25-56(54)60(57-26-8-6-24-55(57)59)53-28-12-27-51-52(53)32-31-49-36-41-15-3-4-16-47(41)38-58(49)51/h1-38H. The van der Waals surface area contributed by atoms with Crippen molar-refractivity contribution in [1.29, 1.82) is 0 Å². The quantitative estimate of drug-likeness (QED) is 0.121. The zero-order valence-corrected chi connectivity index (χ0v) is 32.9. The van der Waals surface area contributed by atoms with E-state index in [0.29, 0.717) is 0 Å². The molecule has 0 spiro atoms. The Kier molecular flexibility index (Phi) is 7.96. The molecular formula is C60H38. The highest BCUT2D eigenvalue weighted by molar-refractivity contribution is 6.25. The molecule has 0 fully saturated rings. The third-order valence-corrected chi connectivity index (χ3v) is 12.6.